The summed E-state index contributed by atoms with van der Waals surface area (Å²) in [5, 5.41) is 12.4. The summed E-state index contributed by atoms with van der Waals surface area (Å²) < 4.78 is 10.0. The van der Waals surface area contributed by atoms with E-state index in [1.807, 2.05) is 6.92 Å². The highest BCUT2D eigenvalue weighted by molar-refractivity contribution is 5.97. The van der Waals surface area contributed by atoms with Crippen molar-refractivity contribution >= 4 is 5.91 Å². The van der Waals surface area contributed by atoms with Gasteiger partial charge in [0.15, 0.2) is 11.5 Å². The predicted octanol–water partition coefficient (Wildman–Crippen LogP) is 1.17. The lowest BCUT2D eigenvalue weighted by Crippen LogP contribution is -2.27. The first-order valence-corrected chi connectivity index (χ1v) is 5.42. The summed E-state index contributed by atoms with van der Waals surface area (Å²) in [4.78, 5) is 11.7. The highest BCUT2D eigenvalue weighted by atomic mass is 16.5. The van der Waals surface area contributed by atoms with Crippen LogP contribution in [0.1, 0.15) is 17.3 Å². The monoisotopic (exact) mass is 239 g/mol. The third-order valence-electron chi connectivity index (χ3n) is 2.20. The Bertz CT molecular complexity index is 379. The lowest BCUT2D eigenvalue weighted by atomic mass is 10.1. The maximum Gasteiger partial charge on any atom is 0.255 e. The van der Waals surface area contributed by atoms with Crippen LogP contribution in [-0.2, 0) is 4.74 Å². The van der Waals surface area contributed by atoms with Gasteiger partial charge >= 0.3 is 0 Å². The Kier molecular flexibility index (Phi) is 5.29. The molecule has 0 radical (unpaired) electrons. The average molecular weight is 239 g/mol. The molecule has 94 valence electrons. The molecule has 0 aliphatic heterocycles. The van der Waals surface area contributed by atoms with Crippen LogP contribution in [0.3, 0.4) is 0 Å². The largest absolute Gasteiger partial charge is 0.504 e. The first kappa shape index (κ1) is 13.3. The molecule has 1 rings (SSSR count). The average Bonchev–Trinajstić information content (AvgIpc) is 2.34. The van der Waals surface area contributed by atoms with Crippen molar-refractivity contribution in [1.29, 1.82) is 0 Å². The molecule has 0 bridgehead atoms. The smallest absolute Gasteiger partial charge is 0.255 e. The van der Waals surface area contributed by atoms with Gasteiger partial charge in [-0.25, -0.2) is 0 Å². The number of benzene rings is 1. The number of hydrogen-bond donors (Lipinski definition) is 2. The van der Waals surface area contributed by atoms with Gasteiger partial charge in [0.2, 0.25) is 0 Å². The first-order chi connectivity index (χ1) is 8.20. The number of methoxy groups -OCH3 is 1. The zero-order valence-corrected chi connectivity index (χ0v) is 10.0. The second-order valence-electron chi connectivity index (χ2n) is 3.31. The van der Waals surface area contributed by atoms with Crippen LogP contribution in [0.15, 0.2) is 18.2 Å². The molecule has 0 spiro atoms. The van der Waals surface area contributed by atoms with Crippen molar-refractivity contribution in [3.8, 4) is 11.5 Å². The second kappa shape index (κ2) is 6.75. The number of nitrogens with one attached hydrogen (secondary N) is 1. The van der Waals surface area contributed by atoms with Gasteiger partial charge in [0.05, 0.1) is 19.3 Å². The summed E-state index contributed by atoms with van der Waals surface area (Å²) in [5.41, 5.74) is 0.195. The molecule has 0 aromatic heterocycles. The number of carbonyl (C=O) groups is 1. The quantitative estimate of drug-likeness (QED) is 0.731. The standard InChI is InChI=1S/C12H17NO4/c1-3-17-8-7-13-12(15)9-5-4-6-10(16-2)11(9)14/h4-6,14H,3,7-8H2,1-2H3,(H,13,15). The Morgan fingerprint density at radius 2 is 2.24 bits per heavy atom. The molecule has 1 amide bonds. The van der Waals surface area contributed by atoms with Gasteiger partial charge in [-0.15, -0.1) is 0 Å². The molecule has 0 aliphatic carbocycles. The number of hydrogen-bond acceptors (Lipinski definition) is 4. The van der Waals surface area contributed by atoms with Crippen molar-refractivity contribution in [3.05, 3.63) is 23.8 Å². The van der Waals surface area contributed by atoms with Crippen LogP contribution < -0.4 is 10.1 Å². The van der Waals surface area contributed by atoms with Crippen LogP contribution in [0.25, 0.3) is 0 Å². The summed E-state index contributed by atoms with van der Waals surface area (Å²) in [6.07, 6.45) is 0. The van der Waals surface area contributed by atoms with E-state index in [-0.39, 0.29) is 23.0 Å². The van der Waals surface area contributed by atoms with Crippen LogP contribution in [0.2, 0.25) is 0 Å². The number of amides is 1. The summed E-state index contributed by atoms with van der Waals surface area (Å²) in [7, 11) is 1.44. The molecule has 1 aromatic carbocycles. The summed E-state index contributed by atoms with van der Waals surface area (Å²) in [6.45, 7) is 3.35. The Balaban J connectivity index is 2.62. The van der Waals surface area contributed by atoms with Crippen molar-refractivity contribution in [2.24, 2.45) is 0 Å². The van der Waals surface area contributed by atoms with E-state index < -0.39 is 0 Å². The number of para-hydroxylation sites is 1. The first-order valence-electron chi connectivity index (χ1n) is 5.42. The molecular formula is C12H17NO4. The molecular weight excluding hydrogens is 222 g/mol. The van der Waals surface area contributed by atoms with E-state index in [0.717, 1.165) is 0 Å². The Hall–Kier alpha value is -1.75. The van der Waals surface area contributed by atoms with E-state index in [1.165, 1.54) is 13.2 Å². The molecule has 2 N–H and O–H groups in total. The summed E-state index contributed by atoms with van der Waals surface area (Å²) >= 11 is 0. The van der Waals surface area contributed by atoms with Crippen LogP contribution in [0.4, 0.5) is 0 Å². The Labute approximate surface area is 100 Å². The molecule has 0 saturated heterocycles. The van der Waals surface area contributed by atoms with Crippen molar-refractivity contribution < 1.29 is 19.4 Å². The molecule has 0 fully saturated rings. The fourth-order valence-corrected chi connectivity index (χ4v) is 1.35. The molecule has 17 heavy (non-hydrogen) atoms. The number of phenols is 1. The SMILES string of the molecule is CCOCCNC(=O)c1cccc(OC)c1O. The highest BCUT2D eigenvalue weighted by Crippen LogP contribution is 2.28. The van der Waals surface area contributed by atoms with Crippen molar-refractivity contribution in [2.75, 3.05) is 26.9 Å². The number of ether oxygens (including phenoxy) is 2. The van der Waals surface area contributed by atoms with Crippen molar-refractivity contribution in [3.63, 3.8) is 0 Å². The molecule has 0 atom stereocenters. The maximum atomic E-state index is 11.7. The van der Waals surface area contributed by atoms with Crippen LogP contribution in [0.5, 0.6) is 11.5 Å². The third-order valence-corrected chi connectivity index (χ3v) is 2.20. The van der Waals surface area contributed by atoms with E-state index in [1.54, 1.807) is 12.1 Å². The predicted molar refractivity (Wildman–Crippen MR) is 63.5 cm³/mol. The molecule has 5 heteroatoms. The normalized spacial score (nSPS) is 10.0. The van der Waals surface area contributed by atoms with E-state index >= 15 is 0 Å². The van der Waals surface area contributed by atoms with E-state index in [4.69, 9.17) is 9.47 Å². The molecule has 1 aromatic rings. The van der Waals surface area contributed by atoms with Crippen molar-refractivity contribution in [1.82, 2.24) is 5.32 Å². The fraction of sp³-hybridized carbons (Fsp3) is 0.417. The highest BCUT2D eigenvalue weighted by Gasteiger charge is 2.13. The van der Waals surface area contributed by atoms with Gasteiger partial charge in [0.25, 0.3) is 5.91 Å². The van der Waals surface area contributed by atoms with Crippen LogP contribution in [-0.4, -0.2) is 37.9 Å². The van der Waals surface area contributed by atoms with Gasteiger partial charge in [-0.2, -0.15) is 0 Å². The van der Waals surface area contributed by atoms with Gasteiger partial charge in [0.1, 0.15) is 0 Å². The second-order valence-corrected chi connectivity index (χ2v) is 3.31. The Morgan fingerprint density at radius 3 is 2.88 bits per heavy atom. The fourth-order valence-electron chi connectivity index (χ4n) is 1.35. The minimum absolute atomic E-state index is 0.149. The Morgan fingerprint density at radius 1 is 1.47 bits per heavy atom. The zero-order valence-electron chi connectivity index (χ0n) is 10.0. The lowest BCUT2D eigenvalue weighted by molar-refractivity contribution is 0.0919. The summed E-state index contributed by atoms with van der Waals surface area (Å²) in [5.74, 6) is -0.215. The van der Waals surface area contributed by atoms with E-state index in [9.17, 15) is 9.90 Å². The maximum absolute atomic E-state index is 11.7. The zero-order chi connectivity index (χ0) is 12.7. The third kappa shape index (κ3) is 3.64. The van der Waals surface area contributed by atoms with E-state index in [0.29, 0.717) is 19.8 Å². The molecule has 0 heterocycles. The number of carbonyl (C=O) groups excluding carboxylic acids is 1. The lowest BCUT2D eigenvalue weighted by Gasteiger charge is -2.09. The molecule has 0 aliphatic rings. The number of rotatable bonds is 6. The van der Waals surface area contributed by atoms with Gasteiger partial charge in [-0.1, -0.05) is 6.07 Å². The van der Waals surface area contributed by atoms with Crippen molar-refractivity contribution in [2.45, 2.75) is 6.92 Å². The van der Waals surface area contributed by atoms with Gasteiger partial charge in [0, 0.05) is 13.2 Å². The van der Waals surface area contributed by atoms with Gasteiger partial charge < -0.3 is 19.9 Å². The van der Waals surface area contributed by atoms with Gasteiger partial charge in [-0.3, -0.25) is 4.79 Å². The van der Waals surface area contributed by atoms with Gasteiger partial charge in [-0.05, 0) is 19.1 Å². The topological polar surface area (TPSA) is 67.8 Å². The summed E-state index contributed by atoms with van der Waals surface area (Å²) in [6, 6.07) is 4.77. The minimum atomic E-state index is -0.346. The molecule has 0 unspecified atom stereocenters. The molecule has 5 nitrogen and oxygen atoms in total. The minimum Gasteiger partial charge on any atom is -0.504 e. The number of phenolic OH excluding ortho intramolecular Hbond substituents is 1. The van der Waals surface area contributed by atoms with Crippen LogP contribution >= 0.6 is 0 Å². The molecule has 0 saturated carbocycles. The van der Waals surface area contributed by atoms with Crippen LogP contribution in [0, 0.1) is 0 Å². The number of aromatic hydroxyl groups is 1. The van der Waals surface area contributed by atoms with E-state index in [2.05, 4.69) is 5.32 Å².